The Labute approximate surface area is 248 Å². The second-order valence-corrected chi connectivity index (χ2v) is 12.7. The summed E-state index contributed by atoms with van der Waals surface area (Å²) in [5.41, 5.74) is 3.33. The molecule has 0 aliphatic carbocycles. The molecule has 1 atom stereocenters. The van der Waals surface area contributed by atoms with Gasteiger partial charge in [0.2, 0.25) is 5.95 Å². The smallest absolute Gasteiger partial charge is 0.408 e. The van der Waals surface area contributed by atoms with E-state index < -0.39 is 11.6 Å². The van der Waals surface area contributed by atoms with Gasteiger partial charge in [-0.25, -0.2) is 14.8 Å². The standard InChI is InChI=1S/C33H44N6O3/c1-22(2)29(39(32(40)41)33(3,4)5)21-37-17-15-24(16-18-37)34-31-36-26-13-9-10-14-28(26)38(31)20-27-30(42-6)19-23-11-7-8-12-25(23)35-27/h7-14,19,22,24,29H,15-18,20-21H2,1-6H3,(H,34,36)(H,40,41). The van der Waals surface area contributed by atoms with Crippen LogP contribution in [0.2, 0.25) is 0 Å². The van der Waals surface area contributed by atoms with Crippen LogP contribution in [-0.2, 0) is 6.54 Å². The summed E-state index contributed by atoms with van der Waals surface area (Å²) in [4.78, 5) is 26.2. The first-order valence-electron chi connectivity index (χ1n) is 14.9. The Hall–Kier alpha value is -3.85. The number of amides is 1. The average Bonchev–Trinajstić information content (AvgIpc) is 3.28. The van der Waals surface area contributed by atoms with Gasteiger partial charge in [-0.05, 0) is 63.8 Å². The minimum atomic E-state index is -0.853. The van der Waals surface area contributed by atoms with Gasteiger partial charge >= 0.3 is 6.09 Å². The Kier molecular flexibility index (Phi) is 8.59. The number of carboxylic acid groups (broad SMARTS) is 1. The first-order valence-corrected chi connectivity index (χ1v) is 14.9. The molecular formula is C33H44N6O3. The molecule has 1 aliphatic rings. The van der Waals surface area contributed by atoms with Crippen molar-refractivity contribution in [2.24, 2.45) is 5.92 Å². The van der Waals surface area contributed by atoms with E-state index in [9.17, 15) is 9.90 Å². The maximum Gasteiger partial charge on any atom is 0.408 e. The molecule has 1 unspecified atom stereocenters. The number of nitrogens with zero attached hydrogens (tertiary/aromatic N) is 5. The third-order valence-electron chi connectivity index (χ3n) is 8.34. The van der Waals surface area contributed by atoms with Crippen molar-refractivity contribution in [3.63, 3.8) is 0 Å². The van der Waals surface area contributed by atoms with E-state index in [2.05, 4.69) is 40.8 Å². The van der Waals surface area contributed by atoms with E-state index in [1.807, 2.05) is 63.2 Å². The molecule has 0 radical (unpaired) electrons. The zero-order valence-electron chi connectivity index (χ0n) is 25.7. The quantitative estimate of drug-likeness (QED) is 0.242. The van der Waals surface area contributed by atoms with Gasteiger partial charge in [0.25, 0.3) is 0 Å². The molecule has 224 valence electrons. The molecule has 42 heavy (non-hydrogen) atoms. The first kappa shape index (κ1) is 29.6. The number of carbonyl (C=O) groups is 1. The maximum absolute atomic E-state index is 12.2. The van der Waals surface area contributed by atoms with E-state index in [0.29, 0.717) is 6.54 Å². The van der Waals surface area contributed by atoms with Crippen LogP contribution in [0.3, 0.4) is 0 Å². The number of rotatable bonds is 9. The molecule has 5 rings (SSSR count). The number of benzene rings is 2. The van der Waals surface area contributed by atoms with Crippen LogP contribution in [0, 0.1) is 5.92 Å². The molecule has 2 aromatic heterocycles. The highest BCUT2D eigenvalue weighted by molar-refractivity contribution is 5.81. The zero-order valence-corrected chi connectivity index (χ0v) is 25.7. The van der Waals surface area contributed by atoms with Crippen molar-refractivity contribution < 1.29 is 14.6 Å². The molecular weight excluding hydrogens is 528 g/mol. The number of para-hydroxylation sites is 3. The van der Waals surface area contributed by atoms with Gasteiger partial charge in [-0.15, -0.1) is 0 Å². The number of likely N-dealkylation sites (tertiary alicyclic amines) is 1. The fourth-order valence-corrected chi connectivity index (χ4v) is 6.15. The van der Waals surface area contributed by atoms with E-state index in [-0.39, 0.29) is 18.0 Å². The van der Waals surface area contributed by atoms with Gasteiger partial charge in [-0.3, -0.25) is 4.90 Å². The minimum Gasteiger partial charge on any atom is -0.495 e. The average molecular weight is 573 g/mol. The molecule has 1 saturated heterocycles. The maximum atomic E-state index is 12.2. The van der Waals surface area contributed by atoms with Crippen molar-refractivity contribution in [3.05, 3.63) is 60.3 Å². The lowest BCUT2D eigenvalue weighted by Gasteiger charge is -2.44. The summed E-state index contributed by atoms with van der Waals surface area (Å²) in [6, 6.07) is 18.5. The largest absolute Gasteiger partial charge is 0.495 e. The summed E-state index contributed by atoms with van der Waals surface area (Å²) in [5, 5.41) is 14.8. The van der Waals surface area contributed by atoms with Crippen molar-refractivity contribution >= 4 is 34.0 Å². The molecule has 0 spiro atoms. The summed E-state index contributed by atoms with van der Waals surface area (Å²) >= 11 is 0. The fourth-order valence-electron chi connectivity index (χ4n) is 6.15. The van der Waals surface area contributed by atoms with E-state index in [1.54, 1.807) is 12.0 Å². The SMILES string of the molecule is COc1cc2ccccc2nc1Cn1c(NC2CCN(CC(C(C)C)N(C(=O)O)C(C)(C)C)CC2)nc2ccccc21. The fraction of sp³-hybridized carbons (Fsp3) is 0.485. The Morgan fingerprint density at radius 2 is 1.74 bits per heavy atom. The van der Waals surface area contributed by atoms with Crippen LogP contribution in [0.5, 0.6) is 5.75 Å². The topological polar surface area (TPSA) is 95.8 Å². The number of hydrogen-bond donors (Lipinski definition) is 2. The van der Waals surface area contributed by atoms with Gasteiger partial charge in [0.05, 0.1) is 36.2 Å². The van der Waals surface area contributed by atoms with Gasteiger partial charge in [0, 0.05) is 36.6 Å². The first-order chi connectivity index (χ1) is 20.0. The third kappa shape index (κ3) is 6.31. The highest BCUT2D eigenvalue weighted by atomic mass is 16.5. The van der Waals surface area contributed by atoms with E-state index in [4.69, 9.17) is 14.7 Å². The number of nitrogens with one attached hydrogen (secondary N) is 1. The predicted molar refractivity (Wildman–Crippen MR) is 168 cm³/mol. The number of methoxy groups -OCH3 is 1. The lowest BCUT2D eigenvalue weighted by atomic mass is 9.94. The molecule has 4 aromatic rings. The predicted octanol–water partition coefficient (Wildman–Crippen LogP) is 6.32. The third-order valence-corrected chi connectivity index (χ3v) is 8.34. The van der Waals surface area contributed by atoms with E-state index in [1.165, 1.54) is 0 Å². The molecule has 1 aliphatic heterocycles. The van der Waals surface area contributed by atoms with Gasteiger partial charge < -0.3 is 24.6 Å². The number of ether oxygens (including phenoxy) is 1. The molecule has 2 N–H and O–H groups in total. The minimum absolute atomic E-state index is 0.0689. The second kappa shape index (κ2) is 12.2. The molecule has 3 heterocycles. The van der Waals surface area contributed by atoms with Crippen LogP contribution >= 0.6 is 0 Å². The highest BCUT2D eigenvalue weighted by Crippen LogP contribution is 2.29. The molecule has 1 fully saturated rings. The molecule has 1 amide bonds. The monoisotopic (exact) mass is 572 g/mol. The number of pyridine rings is 1. The number of fused-ring (bicyclic) bond motifs is 2. The van der Waals surface area contributed by atoms with Gasteiger partial charge in [-0.2, -0.15) is 0 Å². The molecule has 2 aromatic carbocycles. The Bertz CT molecular complexity index is 1530. The van der Waals surface area contributed by atoms with Crippen LogP contribution in [0.15, 0.2) is 54.6 Å². The lowest BCUT2D eigenvalue weighted by Crippen LogP contribution is -2.57. The molecule has 0 bridgehead atoms. The van der Waals surface area contributed by atoms with Crippen molar-refractivity contribution in [2.45, 2.75) is 71.6 Å². The van der Waals surface area contributed by atoms with Crippen LogP contribution in [0.4, 0.5) is 10.7 Å². The van der Waals surface area contributed by atoms with E-state index in [0.717, 1.165) is 71.8 Å². The number of hydrogen-bond acceptors (Lipinski definition) is 6. The molecule has 9 heteroatoms. The summed E-state index contributed by atoms with van der Waals surface area (Å²) in [5.74, 6) is 1.81. The number of anilines is 1. The van der Waals surface area contributed by atoms with Crippen molar-refractivity contribution in [1.29, 1.82) is 0 Å². The number of piperidine rings is 1. The molecule has 9 nitrogen and oxygen atoms in total. The Morgan fingerprint density at radius 3 is 2.38 bits per heavy atom. The van der Waals surface area contributed by atoms with Crippen molar-refractivity contribution in [1.82, 2.24) is 24.3 Å². The summed E-state index contributed by atoms with van der Waals surface area (Å²) < 4.78 is 7.95. The Morgan fingerprint density at radius 1 is 1.07 bits per heavy atom. The van der Waals surface area contributed by atoms with Crippen molar-refractivity contribution in [3.8, 4) is 5.75 Å². The van der Waals surface area contributed by atoms with Crippen LogP contribution < -0.4 is 10.1 Å². The van der Waals surface area contributed by atoms with Gasteiger partial charge in [0.15, 0.2) is 0 Å². The van der Waals surface area contributed by atoms with Crippen LogP contribution in [0.25, 0.3) is 21.9 Å². The normalized spacial score (nSPS) is 15.8. The lowest BCUT2D eigenvalue weighted by molar-refractivity contribution is 0.0336. The van der Waals surface area contributed by atoms with E-state index >= 15 is 0 Å². The molecule has 0 saturated carbocycles. The number of imidazole rings is 1. The summed E-state index contributed by atoms with van der Waals surface area (Å²) in [7, 11) is 1.69. The second-order valence-electron chi connectivity index (χ2n) is 12.7. The summed E-state index contributed by atoms with van der Waals surface area (Å²) in [6.45, 7) is 13.2. The number of aromatic nitrogens is 3. The van der Waals surface area contributed by atoms with Crippen LogP contribution in [0.1, 0.15) is 53.2 Å². The zero-order chi connectivity index (χ0) is 30.0. The Balaban J connectivity index is 1.33. The highest BCUT2D eigenvalue weighted by Gasteiger charge is 2.36. The van der Waals surface area contributed by atoms with Gasteiger partial charge in [0.1, 0.15) is 11.4 Å². The summed E-state index contributed by atoms with van der Waals surface area (Å²) in [6.07, 6.45) is 1.05. The van der Waals surface area contributed by atoms with Crippen LogP contribution in [-0.4, -0.2) is 79.9 Å². The van der Waals surface area contributed by atoms with Crippen molar-refractivity contribution in [2.75, 3.05) is 32.1 Å². The van der Waals surface area contributed by atoms with Gasteiger partial charge in [-0.1, -0.05) is 44.2 Å².